The first-order chi connectivity index (χ1) is 13.2. The predicted molar refractivity (Wildman–Crippen MR) is 98.5 cm³/mol. The molecule has 0 atom stereocenters. The molecule has 0 spiro atoms. The summed E-state index contributed by atoms with van der Waals surface area (Å²) in [5.41, 5.74) is 3.20. The molecular weight excluding hydrogens is 369 g/mol. The minimum Gasteiger partial charge on any atom is -0.348 e. The lowest BCUT2D eigenvalue weighted by Gasteiger charge is -2.10. The molecule has 5 nitrogen and oxygen atoms in total. The predicted octanol–water partition coefficient (Wildman–Crippen LogP) is 4.05. The van der Waals surface area contributed by atoms with Crippen LogP contribution in [-0.2, 0) is 19.8 Å². The van der Waals surface area contributed by atoms with Crippen LogP contribution in [0.5, 0.6) is 0 Å². The van der Waals surface area contributed by atoms with Gasteiger partial charge in [0.25, 0.3) is 5.91 Å². The van der Waals surface area contributed by atoms with Crippen molar-refractivity contribution in [2.24, 2.45) is 7.05 Å². The third-order valence-electron chi connectivity index (χ3n) is 4.49. The van der Waals surface area contributed by atoms with Crippen molar-refractivity contribution in [2.75, 3.05) is 0 Å². The van der Waals surface area contributed by atoms with Gasteiger partial charge < -0.3 is 5.32 Å². The van der Waals surface area contributed by atoms with Crippen LogP contribution in [0, 0.1) is 13.8 Å². The van der Waals surface area contributed by atoms with Gasteiger partial charge in [0.1, 0.15) is 0 Å². The molecule has 0 saturated heterocycles. The third kappa shape index (κ3) is 4.05. The quantitative estimate of drug-likeness (QED) is 0.734. The van der Waals surface area contributed by atoms with E-state index in [0.29, 0.717) is 16.8 Å². The second kappa shape index (κ2) is 7.46. The molecule has 0 fully saturated rings. The van der Waals surface area contributed by atoms with Gasteiger partial charge in [0, 0.05) is 36.6 Å². The first-order valence-electron chi connectivity index (χ1n) is 8.58. The van der Waals surface area contributed by atoms with Gasteiger partial charge >= 0.3 is 6.18 Å². The molecule has 0 bridgehead atoms. The van der Waals surface area contributed by atoms with E-state index in [0.717, 1.165) is 29.1 Å². The van der Waals surface area contributed by atoms with Gasteiger partial charge in [0.05, 0.1) is 17.0 Å². The second-order valence-corrected chi connectivity index (χ2v) is 6.48. The molecule has 0 saturated carbocycles. The van der Waals surface area contributed by atoms with Gasteiger partial charge in [-0.2, -0.15) is 18.3 Å². The van der Waals surface area contributed by atoms with E-state index < -0.39 is 11.7 Å². The van der Waals surface area contributed by atoms with E-state index >= 15 is 0 Å². The van der Waals surface area contributed by atoms with Crippen molar-refractivity contribution in [2.45, 2.75) is 26.6 Å². The highest BCUT2D eigenvalue weighted by Crippen LogP contribution is 2.29. The average Bonchev–Trinajstić information content (AvgIpc) is 2.91. The largest absolute Gasteiger partial charge is 0.416 e. The van der Waals surface area contributed by atoms with Crippen molar-refractivity contribution in [3.8, 4) is 11.3 Å². The lowest BCUT2D eigenvalue weighted by Crippen LogP contribution is -2.23. The van der Waals surface area contributed by atoms with Gasteiger partial charge in [-0.3, -0.25) is 14.5 Å². The topological polar surface area (TPSA) is 59.8 Å². The monoisotopic (exact) mass is 388 g/mol. The van der Waals surface area contributed by atoms with Gasteiger partial charge in [-0.05, 0) is 43.7 Å². The minimum absolute atomic E-state index is 0.00857. The number of hydrogen-bond donors (Lipinski definition) is 1. The lowest BCUT2D eigenvalue weighted by atomic mass is 10.1. The van der Waals surface area contributed by atoms with E-state index in [1.165, 1.54) is 18.3 Å². The van der Waals surface area contributed by atoms with Crippen LogP contribution in [0.25, 0.3) is 11.3 Å². The molecule has 1 amide bonds. The maximum absolute atomic E-state index is 12.8. The normalized spacial score (nSPS) is 11.5. The summed E-state index contributed by atoms with van der Waals surface area (Å²) in [4.78, 5) is 16.8. The first kappa shape index (κ1) is 19.6. The van der Waals surface area contributed by atoms with Crippen LogP contribution >= 0.6 is 0 Å². The highest BCUT2D eigenvalue weighted by molar-refractivity contribution is 5.95. The van der Waals surface area contributed by atoms with Crippen molar-refractivity contribution in [1.29, 1.82) is 0 Å². The second-order valence-electron chi connectivity index (χ2n) is 6.48. The number of benzene rings is 1. The Kier molecular flexibility index (Phi) is 5.22. The molecule has 0 aliphatic carbocycles. The maximum atomic E-state index is 12.8. The first-order valence-corrected chi connectivity index (χ1v) is 8.58. The SMILES string of the molecule is Cc1nn(C)c(C)c1-c1cc(C(=O)NCc2cccc(C(F)(F)F)c2)ccn1. The molecular formula is C20H19F3N4O. The summed E-state index contributed by atoms with van der Waals surface area (Å²) >= 11 is 0. The van der Waals surface area contributed by atoms with Gasteiger partial charge in [-0.25, -0.2) is 0 Å². The number of amides is 1. The van der Waals surface area contributed by atoms with Crippen LogP contribution < -0.4 is 5.32 Å². The Labute approximate surface area is 160 Å². The summed E-state index contributed by atoms with van der Waals surface area (Å²) in [5, 5.41) is 7.00. The number of nitrogens with zero attached hydrogens (tertiary/aromatic N) is 3. The van der Waals surface area contributed by atoms with Crippen molar-refractivity contribution in [3.63, 3.8) is 0 Å². The molecule has 1 aromatic carbocycles. The van der Waals surface area contributed by atoms with E-state index in [2.05, 4.69) is 15.4 Å². The molecule has 0 unspecified atom stereocenters. The number of carbonyl (C=O) groups is 1. The number of nitrogens with one attached hydrogen (secondary N) is 1. The van der Waals surface area contributed by atoms with Crippen LogP contribution in [0.15, 0.2) is 42.6 Å². The molecule has 3 rings (SSSR count). The highest BCUT2D eigenvalue weighted by atomic mass is 19.4. The minimum atomic E-state index is -4.42. The zero-order valence-electron chi connectivity index (χ0n) is 15.6. The van der Waals surface area contributed by atoms with Gasteiger partial charge in [-0.15, -0.1) is 0 Å². The number of hydrogen-bond acceptors (Lipinski definition) is 3. The van der Waals surface area contributed by atoms with Crippen molar-refractivity contribution in [1.82, 2.24) is 20.1 Å². The molecule has 3 aromatic rings. The summed E-state index contributed by atoms with van der Waals surface area (Å²) in [7, 11) is 1.83. The number of rotatable bonds is 4. The van der Waals surface area contributed by atoms with E-state index in [9.17, 15) is 18.0 Å². The summed E-state index contributed by atoms with van der Waals surface area (Å²) in [5.74, 6) is -0.389. The summed E-state index contributed by atoms with van der Waals surface area (Å²) in [6.45, 7) is 3.77. The van der Waals surface area contributed by atoms with Gasteiger partial charge in [0.2, 0.25) is 0 Å². The van der Waals surface area contributed by atoms with Crippen molar-refractivity contribution >= 4 is 5.91 Å². The molecule has 146 valence electrons. The number of carbonyl (C=O) groups excluding carboxylic acids is 1. The summed E-state index contributed by atoms with van der Waals surface area (Å²) in [6.07, 6.45) is -2.89. The number of aryl methyl sites for hydroxylation is 2. The zero-order valence-corrected chi connectivity index (χ0v) is 15.6. The highest BCUT2D eigenvalue weighted by Gasteiger charge is 2.30. The summed E-state index contributed by atoms with van der Waals surface area (Å²) < 4.78 is 40.2. The Balaban J connectivity index is 1.77. The third-order valence-corrected chi connectivity index (χ3v) is 4.49. The van der Waals surface area contributed by atoms with Crippen LogP contribution in [-0.4, -0.2) is 20.7 Å². The van der Waals surface area contributed by atoms with E-state index in [1.54, 1.807) is 16.8 Å². The maximum Gasteiger partial charge on any atom is 0.416 e. The zero-order chi connectivity index (χ0) is 20.5. The van der Waals surface area contributed by atoms with Crippen LogP contribution in [0.1, 0.15) is 32.9 Å². The van der Waals surface area contributed by atoms with Crippen molar-refractivity contribution in [3.05, 3.63) is 70.7 Å². The molecule has 0 aliphatic rings. The molecule has 8 heteroatoms. The Morgan fingerprint density at radius 2 is 1.93 bits per heavy atom. The Bertz CT molecular complexity index is 1020. The Morgan fingerprint density at radius 1 is 1.18 bits per heavy atom. The Morgan fingerprint density at radius 3 is 2.57 bits per heavy atom. The Hall–Kier alpha value is -3.16. The average molecular weight is 388 g/mol. The molecule has 1 N–H and O–H groups in total. The van der Waals surface area contributed by atoms with Crippen molar-refractivity contribution < 1.29 is 18.0 Å². The van der Waals surface area contributed by atoms with Crippen LogP contribution in [0.4, 0.5) is 13.2 Å². The van der Waals surface area contributed by atoms with Crippen LogP contribution in [0.3, 0.4) is 0 Å². The number of pyridine rings is 1. The smallest absolute Gasteiger partial charge is 0.348 e. The van der Waals surface area contributed by atoms with Gasteiger partial charge in [0.15, 0.2) is 0 Å². The number of alkyl halides is 3. The lowest BCUT2D eigenvalue weighted by molar-refractivity contribution is -0.137. The fourth-order valence-corrected chi connectivity index (χ4v) is 2.99. The molecule has 2 aromatic heterocycles. The van der Waals surface area contributed by atoms with Gasteiger partial charge in [-0.1, -0.05) is 12.1 Å². The number of halogens is 3. The van der Waals surface area contributed by atoms with Crippen LogP contribution in [0.2, 0.25) is 0 Å². The molecule has 28 heavy (non-hydrogen) atoms. The van der Waals surface area contributed by atoms with E-state index in [4.69, 9.17) is 0 Å². The fraction of sp³-hybridized carbons (Fsp3) is 0.250. The fourth-order valence-electron chi connectivity index (χ4n) is 2.99. The molecule has 2 heterocycles. The summed E-state index contributed by atoms with van der Waals surface area (Å²) in [6, 6.07) is 8.10. The standard InChI is InChI=1S/C20H19F3N4O/c1-12-18(13(2)27(3)26-12)17-10-15(7-8-24-17)19(28)25-11-14-5-4-6-16(9-14)20(21,22)23/h4-10H,11H2,1-3H3,(H,25,28). The molecule has 0 aliphatic heterocycles. The van der Waals surface area contributed by atoms with E-state index in [-0.39, 0.29) is 12.5 Å². The molecule has 0 radical (unpaired) electrons. The number of aromatic nitrogens is 3. The van der Waals surface area contributed by atoms with E-state index in [1.807, 2.05) is 20.9 Å².